The quantitative estimate of drug-likeness (QED) is 0.646. The Labute approximate surface area is 116 Å². The maximum atomic E-state index is 11.1. The van der Waals surface area contributed by atoms with Crippen molar-refractivity contribution in [2.24, 2.45) is 0 Å². The molecule has 0 N–H and O–H groups in total. The Morgan fingerprint density at radius 3 is 2.45 bits per heavy atom. The second-order valence-electron chi connectivity index (χ2n) is 4.59. The summed E-state index contributed by atoms with van der Waals surface area (Å²) >= 11 is 0. The normalized spacial score (nSPS) is 10.2. The maximum absolute atomic E-state index is 11.1. The van der Waals surface area contributed by atoms with Gasteiger partial charge in [0.15, 0.2) is 6.29 Å². The zero-order chi connectivity index (χ0) is 13.9. The predicted molar refractivity (Wildman–Crippen MR) is 79.5 cm³/mol. The molecule has 0 bridgehead atoms. The molecule has 3 aromatic carbocycles. The van der Waals surface area contributed by atoms with Crippen LogP contribution in [0.1, 0.15) is 15.9 Å². The molecule has 0 amide bonds. The van der Waals surface area contributed by atoms with Crippen LogP contribution in [0.25, 0.3) is 21.9 Å². The topological polar surface area (TPSA) is 40.9 Å². The summed E-state index contributed by atoms with van der Waals surface area (Å²) in [6, 6.07) is 21.3. The Bertz CT molecular complexity index is 843. The van der Waals surface area contributed by atoms with E-state index in [1.807, 2.05) is 54.6 Å². The summed E-state index contributed by atoms with van der Waals surface area (Å²) in [6.45, 7) is 0. The second-order valence-corrected chi connectivity index (χ2v) is 4.59. The fraction of sp³-hybridized carbons (Fsp3) is 0. The van der Waals surface area contributed by atoms with Crippen LogP contribution in [-0.4, -0.2) is 6.29 Å². The molecule has 0 heterocycles. The third-order valence-corrected chi connectivity index (χ3v) is 3.37. The molecule has 20 heavy (non-hydrogen) atoms. The Hall–Kier alpha value is -2.92. The summed E-state index contributed by atoms with van der Waals surface area (Å²) in [6.07, 6.45) is 0.873. The van der Waals surface area contributed by atoms with Crippen LogP contribution in [-0.2, 0) is 0 Å². The van der Waals surface area contributed by atoms with Gasteiger partial charge in [-0.05, 0) is 40.1 Å². The van der Waals surface area contributed by atoms with Crippen molar-refractivity contribution in [3.63, 3.8) is 0 Å². The standard InChI is InChI=1S/C18H11NO/c19-11-13-5-6-15-10-16(8-7-14(15)9-13)18-4-2-1-3-17(18)12-20/h1-10,12H. The van der Waals surface area contributed by atoms with E-state index < -0.39 is 0 Å². The third kappa shape index (κ3) is 2.06. The van der Waals surface area contributed by atoms with Gasteiger partial charge in [-0.2, -0.15) is 5.26 Å². The highest BCUT2D eigenvalue weighted by Gasteiger charge is 2.05. The van der Waals surface area contributed by atoms with Gasteiger partial charge in [-0.15, -0.1) is 0 Å². The summed E-state index contributed by atoms with van der Waals surface area (Å²) in [7, 11) is 0. The predicted octanol–water partition coefficient (Wildman–Crippen LogP) is 4.19. The van der Waals surface area contributed by atoms with Gasteiger partial charge in [0.05, 0.1) is 11.6 Å². The number of hydrogen-bond donors (Lipinski definition) is 0. The number of carbonyl (C=O) groups is 1. The van der Waals surface area contributed by atoms with E-state index in [4.69, 9.17) is 5.26 Å². The van der Waals surface area contributed by atoms with Gasteiger partial charge >= 0.3 is 0 Å². The van der Waals surface area contributed by atoms with Crippen LogP contribution in [0.15, 0.2) is 60.7 Å². The van der Waals surface area contributed by atoms with Crippen molar-refractivity contribution >= 4 is 17.1 Å². The van der Waals surface area contributed by atoms with E-state index in [1.165, 1.54) is 0 Å². The van der Waals surface area contributed by atoms with E-state index in [2.05, 4.69) is 6.07 Å². The van der Waals surface area contributed by atoms with E-state index >= 15 is 0 Å². The Balaban J connectivity index is 2.19. The molecule has 0 aliphatic rings. The summed E-state index contributed by atoms with van der Waals surface area (Å²) in [5.74, 6) is 0. The van der Waals surface area contributed by atoms with Crippen LogP contribution in [0, 0.1) is 11.3 Å². The van der Waals surface area contributed by atoms with E-state index in [1.54, 1.807) is 6.07 Å². The zero-order valence-corrected chi connectivity index (χ0v) is 10.7. The summed E-state index contributed by atoms with van der Waals surface area (Å²) in [5, 5.41) is 11.0. The first kappa shape index (κ1) is 12.1. The molecule has 2 heteroatoms. The lowest BCUT2D eigenvalue weighted by Gasteiger charge is -2.06. The van der Waals surface area contributed by atoms with E-state index in [0.29, 0.717) is 11.1 Å². The van der Waals surface area contributed by atoms with Crippen LogP contribution in [0.5, 0.6) is 0 Å². The first-order valence-corrected chi connectivity index (χ1v) is 6.30. The molecule has 2 nitrogen and oxygen atoms in total. The summed E-state index contributed by atoms with van der Waals surface area (Å²) in [5.41, 5.74) is 3.26. The van der Waals surface area contributed by atoms with Crippen molar-refractivity contribution in [3.8, 4) is 17.2 Å². The number of rotatable bonds is 2. The van der Waals surface area contributed by atoms with Gasteiger partial charge in [-0.1, -0.05) is 42.5 Å². The number of aldehydes is 1. The number of fused-ring (bicyclic) bond motifs is 1. The monoisotopic (exact) mass is 257 g/mol. The van der Waals surface area contributed by atoms with E-state index in [-0.39, 0.29) is 0 Å². The molecule has 0 saturated heterocycles. The average Bonchev–Trinajstić information content (AvgIpc) is 2.53. The highest BCUT2D eigenvalue weighted by molar-refractivity contribution is 5.92. The second kappa shape index (κ2) is 4.99. The molecule has 0 aromatic heterocycles. The molecule has 0 aliphatic heterocycles. The molecule has 0 aliphatic carbocycles. The van der Waals surface area contributed by atoms with E-state index in [0.717, 1.165) is 28.2 Å². The molecule has 0 unspecified atom stereocenters. The van der Waals surface area contributed by atoms with Gasteiger partial charge in [0.2, 0.25) is 0 Å². The average molecular weight is 257 g/mol. The SMILES string of the molecule is N#Cc1ccc2cc(-c3ccccc3C=O)ccc2c1. The highest BCUT2D eigenvalue weighted by Crippen LogP contribution is 2.27. The van der Waals surface area contributed by atoms with Crippen molar-refractivity contribution in [1.82, 2.24) is 0 Å². The number of nitrogens with zero attached hydrogens (tertiary/aromatic N) is 1. The molecular weight excluding hydrogens is 246 g/mol. The summed E-state index contributed by atoms with van der Waals surface area (Å²) in [4.78, 5) is 11.1. The molecule has 0 atom stereocenters. The minimum atomic E-state index is 0.651. The maximum Gasteiger partial charge on any atom is 0.150 e. The molecule has 94 valence electrons. The molecule has 0 radical (unpaired) electrons. The minimum absolute atomic E-state index is 0.651. The van der Waals surface area contributed by atoms with Gasteiger partial charge in [-0.25, -0.2) is 0 Å². The van der Waals surface area contributed by atoms with Crippen molar-refractivity contribution in [3.05, 3.63) is 71.8 Å². The Kier molecular flexibility index (Phi) is 3.02. The van der Waals surface area contributed by atoms with Gasteiger partial charge < -0.3 is 0 Å². The number of hydrogen-bond acceptors (Lipinski definition) is 2. The van der Waals surface area contributed by atoms with Gasteiger partial charge in [0.1, 0.15) is 0 Å². The Morgan fingerprint density at radius 2 is 1.65 bits per heavy atom. The van der Waals surface area contributed by atoms with Crippen LogP contribution >= 0.6 is 0 Å². The molecule has 3 rings (SSSR count). The smallest absolute Gasteiger partial charge is 0.150 e. The van der Waals surface area contributed by atoms with Crippen LogP contribution < -0.4 is 0 Å². The van der Waals surface area contributed by atoms with Gasteiger partial charge in [0.25, 0.3) is 0 Å². The first-order chi connectivity index (χ1) is 9.81. The summed E-state index contributed by atoms with van der Waals surface area (Å²) < 4.78 is 0. The Morgan fingerprint density at radius 1 is 0.900 bits per heavy atom. The lowest BCUT2D eigenvalue weighted by atomic mass is 9.97. The van der Waals surface area contributed by atoms with Gasteiger partial charge in [0, 0.05) is 5.56 Å². The zero-order valence-electron chi connectivity index (χ0n) is 10.7. The number of benzene rings is 3. The largest absolute Gasteiger partial charge is 0.298 e. The lowest BCUT2D eigenvalue weighted by Crippen LogP contribution is -1.87. The fourth-order valence-corrected chi connectivity index (χ4v) is 2.35. The van der Waals surface area contributed by atoms with E-state index in [9.17, 15) is 4.79 Å². The van der Waals surface area contributed by atoms with Crippen molar-refractivity contribution < 1.29 is 4.79 Å². The van der Waals surface area contributed by atoms with Crippen molar-refractivity contribution in [2.75, 3.05) is 0 Å². The minimum Gasteiger partial charge on any atom is -0.298 e. The third-order valence-electron chi connectivity index (χ3n) is 3.37. The van der Waals surface area contributed by atoms with Crippen molar-refractivity contribution in [1.29, 1.82) is 5.26 Å². The highest BCUT2D eigenvalue weighted by atomic mass is 16.1. The number of nitriles is 1. The van der Waals surface area contributed by atoms with Gasteiger partial charge in [-0.3, -0.25) is 4.79 Å². The van der Waals surface area contributed by atoms with Crippen molar-refractivity contribution in [2.45, 2.75) is 0 Å². The lowest BCUT2D eigenvalue weighted by molar-refractivity contribution is 0.112. The molecule has 0 fully saturated rings. The molecule has 0 spiro atoms. The van der Waals surface area contributed by atoms with Crippen LogP contribution in [0.2, 0.25) is 0 Å². The van der Waals surface area contributed by atoms with Crippen LogP contribution in [0.4, 0.5) is 0 Å². The molecule has 0 saturated carbocycles. The number of carbonyl (C=O) groups excluding carboxylic acids is 1. The van der Waals surface area contributed by atoms with Crippen LogP contribution in [0.3, 0.4) is 0 Å². The first-order valence-electron chi connectivity index (χ1n) is 6.30. The molecule has 3 aromatic rings. The fourth-order valence-electron chi connectivity index (χ4n) is 2.35. The molecular formula is C18H11NO.